The van der Waals surface area contributed by atoms with Gasteiger partial charge in [0.05, 0.1) is 6.10 Å². The van der Waals surface area contributed by atoms with E-state index in [1.54, 1.807) is 0 Å². The number of fused-ring (bicyclic) bond motifs is 1. The van der Waals surface area contributed by atoms with Gasteiger partial charge in [-0.1, -0.05) is 20.8 Å². The van der Waals surface area contributed by atoms with Crippen molar-refractivity contribution in [3.8, 4) is 0 Å². The zero-order chi connectivity index (χ0) is 13.7. The van der Waals surface area contributed by atoms with Crippen molar-refractivity contribution in [1.82, 2.24) is 10.6 Å². The molecule has 1 aliphatic heterocycles. The van der Waals surface area contributed by atoms with Crippen molar-refractivity contribution in [2.45, 2.75) is 58.6 Å². The summed E-state index contributed by atoms with van der Waals surface area (Å²) < 4.78 is 5.75. The lowest BCUT2D eigenvalue weighted by Gasteiger charge is -2.54. The maximum Gasteiger partial charge on any atom is 0.315 e. The molecule has 3 aliphatic rings. The number of urea groups is 1. The third kappa shape index (κ3) is 2.14. The van der Waals surface area contributed by atoms with Crippen LogP contribution in [0.4, 0.5) is 4.79 Å². The minimum absolute atomic E-state index is 0.00292. The quantitative estimate of drug-likeness (QED) is 0.820. The molecule has 4 heteroatoms. The summed E-state index contributed by atoms with van der Waals surface area (Å²) in [5.74, 6) is 0.516. The van der Waals surface area contributed by atoms with Gasteiger partial charge in [0.1, 0.15) is 0 Å². The van der Waals surface area contributed by atoms with Crippen molar-refractivity contribution >= 4 is 6.03 Å². The minimum atomic E-state index is 0.00292. The molecule has 0 bridgehead atoms. The van der Waals surface area contributed by atoms with Crippen LogP contribution in [0.1, 0.15) is 46.5 Å². The van der Waals surface area contributed by atoms with Crippen molar-refractivity contribution in [1.29, 1.82) is 0 Å². The molecule has 19 heavy (non-hydrogen) atoms. The molecule has 0 spiro atoms. The summed E-state index contributed by atoms with van der Waals surface area (Å²) in [6, 6.07) is 0.264. The van der Waals surface area contributed by atoms with Gasteiger partial charge in [0.2, 0.25) is 0 Å². The van der Waals surface area contributed by atoms with Gasteiger partial charge in [-0.2, -0.15) is 0 Å². The van der Waals surface area contributed by atoms with Gasteiger partial charge >= 0.3 is 6.03 Å². The second kappa shape index (κ2) is 4.37. The van der Waals surface area contributed by atoms with Gasteiger partial charge in [0, 0.05) is 30.5 Å². The summed E-state index contributed by atoms with van der Waals surface area (Å²) in [5, 5.41) is 6.23. The second-order valence-corrected chi connectivity index (χ2v) is 7.22. The molecule has 1 saturated heterocycles. The van der Waals surface area contributed by atoms with Crippen molar-refractivity contribution in [3.63, 3.8) is 0 Å². The molecule has 2 aliphatic carbocycles. The maximum absolute atomic E-state index is 12.0. The van der Waals surface area contributed by atoms with Crippen molar-refractivity contribution < 1.29 is 9.53 Å². The number of nitrogens with one attached hydrogen (secondary N) is 2. The lowest BCUT2D eigenvalue weighted by atomic mass is 9.57. The van der Waals surface area contributed by atoms with E-state index >= 15 is 0 Å². The summed E-state index contributed by atoms with van der Waals surface area (Å²) in [6.45, 7) is 8.27. The van der Waals surface area contributed by atoms with Gasteiger partial charge in [-0.25, -0.2) is 4.79 Å². The SMILES string of the molecule is CCC1(CNC(=O)NC2C3CCOC3C2(C)C)CC1. The van der Waals surface area contributed by atoms with E-state index in [1.165, 1.54) is 19.3 Å². The largest absolute Gasteiger partial charge is 0.377 e. The van der Waals surface area contributed by atoms with E-state index < -0.39 is 0 Å². The zero-order valence-corrected chi connectivity index (χ0v) is 12.3. The molecular formula is C15H26N2O2. The van der Waals surface area contributed by atoms with Crippen LogP contribution in [0.3, 0.4) is 0 Å². The molecule has 3 unspecified atom stereocenters. The van der Waals surface area contributed by atoms with E-state index in [4.69, 9.17) is 4.74 Å². The lowest BCUT2D eigenvalue weighted by molar-refractivity contribution is -0.108. The van der Waals surface area contributed by atoms with Gasteiger partial charge in [0.25, 0.3) is 0 Å². The Labute approximate surface area is 115 Å². The number of ether oxygens (including phenoxy) is 1. The summed E-state index contributed by atoms with van der Waals surface area (Å²) >= 11 is 0. The van der Waals surface area contributed by atoms with Crippen LogP contribution in [0, 0.1) is 16.7 Å². The highest BCUT2D eigenvalue weighted by atomic mass is 16.5. The average Bonchev–Trinajstić information content (AvgIpc) is 3.03. The highest BCUT2D eigenvalue weighted by molar-refractivity contribution is 5.74. The van der Waals surface area contributed by atoms with Gasteiger partial charge < -0.3 is 15.4 Å². The van der Waals surface area contributed by atoms with E-state index in [1.807, 2.05) is 0 Å². The van der Waals surface area contributed by atoms with Crippen LogP contribution in [-0.4, -0.2) is 31.3 Å². The van der Waals surface area contributed by atoms with Crippen LogP contribution in [-0.2, 0) is 4.74 Å². The standard InChI is InChI=1S/C15H26N2O2/c1-4-15(6-7-15)9-16-13(18)17-11-10-5-8-19-12(10)14(11,2)3/h10-12H,4-9H2,1-3H3,(H2,16,17,18). The lowest BCUT2D eigenvalue weighted by Crippen LogP contribution is -2.67. The number of hydrogen-bond acceptors (Lipinski definition) is 2. The molecule has 0 aromatic carbocycles. The highest BCUT2D eigenvalue weighted by Gasteiger charge is 2.59. The van der Waals surface area contributed by atoms with Crippen molar-refractivity contribution in [2.75, 3.05) is 13.2 Å². The minimum Gasteiger partial charge on any atom is -0.377 e. The molecule has 0 aromatic rings. The normalized spacial score (nSPS) is 37.1. The first-order valence-corrected chi connectivity index (χ1v) is 7.64. The van der Waals surface area contributed by atoms with E-state index in [-0.39, 0.29) is 17.5 Å². The Morgan fingerprint density at radius 2 is 2.11 bits per heavy atom. The van der Waals surface area contributed by atoms with Gasteiger partial charge in [-0.15, -0.1) is 0 Å². The van der Waals surface area contributed by atoms with Crippen molar-refractivity contribution in [3.05, 3.63) is 0 Å². The predicted molar refractivity (Wildman–Crippen MR) is 73.9 cm³/mol. The predicted octanol–water partition coefficient (Wildman–Crippen LogP) is 2.29. The van der Waals surface area contributed by atoms with Gasteiger partial charge in [-0.3, -0.25) is 0 Å². The second-order valence-electron chi connectivity index (χ2n) is 7.22. The molecule has 0 radical (unpaired) electrons. The summed E-state index contributed by atoms with van der Waals surface area (Å²) in [4.78, 5) is 12.0. The molecule has 0 aromatic heterocycles. The Kier molecular flexibility index (Phi) is 3.04. The Hall–Kier alpha value is -0.770. The van der Waals surface area contributed by atoms with Crippen LogP contribution in [0.25, 0.3) is 0 Å². The summed E-state index contributed by atoms with van der Waals surface area (Å²) in [7, 11) is 0. The number of hydrogen-bond donors (Lipinski definition) is 2. The third-order valence-corrected chi connectivity index (χ3v) is 5.72. The van der Waals surface area contributed by atoms with E-state index in [0.717, 1.165) is 19.6 Å². The van der Waals surface area contributed by atoms with Crippen LogP contribution < -0.4 is 10.6 Å². The topological polar surface area (TPSA) is 50.4 Å². The Bertz CT molecular complexity index is 376. The Balaban J connectivity index is 1.50. The molecule has 108 valence electrons. The summed E-state index contributed by atoms with van der Waals surface area (Å²) in [6.07, 6.45) is 5.11. The molecule has 2 N–H and O–H groups in total. The summed E-state index contributed by atoms with van der Waals surface area (Å²) in [5.41, 5.74) is 0.478. The van der Waals surface area contributed by atoms with Gasteiger partial charge in [0.15, 0.2) is 0 Å². The molecular weight excluding hydrogens is 240 g/mol. The fourth-order valence-corrected chi connectivity index (χ4v) is 3.91. The number of rotatable bonds is 4. The van der Waals surface area contributed by atoms with Crippen LogP contribution in [0.15, 0.2) is 0 Å². The monoisotopic (exact) mass is 266 g/mol. The average molecular weight is 266 g/mol. The molecule has 3 atom stereocenters. The Morgan fingerprint density at radius 3 is 2.74 bits per heavy atom. The molecule has 4 nitrogen and oxygen atoms in total. The molecule has 3 fully saturated rings. The van der Waals surface area contributed by atoms with Crippen LogP contribution in [0.2, 0.25) is 0 Å². The number of amides is 2. The number of carbonyl (C=O) groups excluding carboxylic acids is 1. The van der Waals surface area contributed by atoms with E-state index in [2.05, 4.69) is 31.4 Å². The van der Waals surface area contributed by atoms with E-state index in [9.17, 15) is 4.79 Å². The maximum atomic E-state index is 12.0. The first kappa shape index (κ1) is 13.2. The van der Waals surface area contributed by atoms with Crippen LogP contribution >= 0.6 is 0 Å². The zero-order valence-electron chi connectivity index (χ0n) is 12.3. The molecule has 2 saturated carbocycles. The third-order valence-electron chi connectivity index (χ3n) is 5.72. The van der Waals surface area contributed by atoms with Crippen LogP contribution in [0.5, 0.6) is 0 Å². The molecule has 1 heterocycles. The molecule has 2 amide bonds. The number of carbonyl (C=O) groups is 1. The van der Waals surface area contributed by atoms with E-state index in [0.29, 0.717) is 17.4 Å². The van der Waals surface area contributed by atoms with Crippen molar-refractivity contribution in [2.24, 2.45) is 16.7 Å². The fourth-order valence-electron chi connectivity index (χ4n) is 3.91. The first-order chi connectivity index (χ1) is 8.98. The molecule has 3 rings (SSSR count). The Morgan fingerprint density at radius 1 is 1.37 bits per heavy atom. The smallest absolute Gasteiger partial charge is 0.315 e. The van der Waals surface area contributed by atoms with Gasteiger partial charge in [-0.05, 0) is 31.1 Å². The fraction of sp³-hybridized carbons (Fsp3) is 0.933. The first-order valence-electron chi connectivity index (χ1n) is 7.64. The highest BCUT2D eigenvalue weighted by Crippen LogP contribution is 2.52.